The van der Waals surface area contributed by atoms with Crippen LogP contribution >= 0.6 is 11.8 Å². The number of carboxylic acids is 1. The van der Waals surface area contributed by atoms with Crippen molar-refractivity contribution >= 4 is 23.6 Å². The molecule has 104 valence electrons. The van der Waals surface area contributed by atoms with Crippen molar-refractivity contribution in [1.82, 2.24) is 5.32 Å². The fourth-order valence-corrected chi connectivity index (χ4v) is 2.15. The van der Waals surface area contributed by atoms with Crippen LogP contribution in [0.25, 0.3) is 0 Å². The van der Waals surface area contributed by atoms with Gasteiger partial charge >= 0.3 is 5.97 Å². The lowest BCUT2D eigenvalue weighted by molar-refractivity contribution is -0.118. The minimum Gasteiger partial charge on any atom is -0.478 e. The van der Waals surface area contributed by atoms with Gasteiger partial charge in [0.15, 0.2) is 0 Å². The first-order chi connectivity index (χ1) is 9.04. The average Bonchev–Trinajstić information content (AvgIpc) is 2.37. The molecule has 0 unspecified atom stereocenters. The number of hydrogen-bond acceptors (Lipinski definition) is 3. The van der Waals surface area contributed by atoms with Gasteiger partial charge < -0.3 is 10.4 Å². The van der Waals surface area contributed by atoms with Crippen LogP contribution in [0.4, 0.5) is 4.39 Å². The van der Waals surface area contributed by atoms with Crippen molar-refractivity contribution in [2.24, 2.45) is 0 Å². The number of aromatic carboxylic acids is 1. The predicted octanol–water partition coefficient (Wildman–Crippen LogP) is 2.53. The van der Waals surface area contributed by atoms with E-state index in [0.717, 1.165) is 30.7 Å². The lowest BCUT2D eigenvalue weighted by Gasteiger charge is -2.06. The van der Waals surface area contributed by atoms with Gasteiger partial charge in [-0.05, 0) is 24.6 Å². The monoisotopic (exact) mass is 285 g/mol. The molecule has 1 rings (SSSR count). The van der Waals surface area contributed by atoms with Gasteiger partial charge in [0.1, 0.15) is 5.82 Å². The zero-order chi connectivity index (χ0) is 14.3. The summed E-state index contributed by atoms with van der Waals surface area (Å²) in [6, 6.07) is 3.53. The quantitative estimate of drug-likeness (QED) is 0.597. The van der Waals surface area contributed by atoms with E-state index < -0.39 is 11.8 Å². The van der Waals surface area contributed by atoms with Crippen molar-refractivity contribution in [3.8, 4) is 0 Å². The Hall–Kier alpha value is -1.56. The smallest absolute Gasteiger partial charge is 0.335 e. The molecule has 6 heteroatoms. The molecule has 0 spiro atoms. The highest BCUT2D eigenvalue weighted by molar-refractivity contribution is 8.00. The van der Waals surface area contributed by atoms with Crippen LogP contribution in [0.5, 0.6) is 0 Å². The number of thioether (sulfide) groups is 1. The zero-order valence-corrected chi connectivity index (χ0v) is 11.4. The molecule has 0 aliphatic carbocycles. The van der Waals surface area contributed by atoms with Crippen molar-refractivity contribution in [3.05, 3.63) is 29.6 Å². The van der Waals surface area contributed by atoms with Crippen molar-refractivity contribution in [1.29, 1.82) is 0 Å². The van der Waals surface area contributed by atoms with E-state index in [1.54, 1.807) is 0 Å². The Morgan fingerprint density at radius 1 is 1.42 bits per heavy atom. The fourth-order valence-electron chi connectivity index (χ4n) is 1.35. The van der Waals surface area contributed by atoms with Crippen LogP contribution in [-0.2, 0) is 4.79 Å². The Bertz CT molecular complexity index is 465. The van der Waals surface area contributed by atoms with E-state index in [1.807, 2.05) is 6.92 Å². The molecule has 0 bridgehead atoms. The molecule has 0 aliphatic rings. The van der Waals surface area contributed by atoms with Crippen LogP contribution < -0.4 is 5.32 Å². The van der Waals surface area contributed by atoms with Gasteiger partial charge in [-0.3, -0.25) is 4.79 Å². The minimum atomic E-state index is -1.12. The zero-order valence-electron chi connectivity index (χ0n) is 10.6. The number of nitrogens with one attached hydrogen (secondary N) is 1. The summed E-state index contributed by atoms with van der Waals surface area (Å²) in [6.45, 7) is 2.63. The van der Waals surface area contributed by atoms with E-state index in [4.69, 9.17) is 5.11 Å². The SMILES string of the molecule is CCCCNC(=O)CSc1cc(C(=O)O)ccc1F. The third kappa shape index (κ3) is 5.30. The predicted molar refractivity (Wildman–Crippen MR) is 72.0 cm³/mol. The molecular formula is C13H16FNO3S. The first kappa shape index (κ1) is 15.5. The summed E-state index contributed by atoms with van der Waals surface area (Å²) in [5.41, 5.74) is 0.00953. The third-order valence-electron chi connectivity index (χ3n) is 2.39. The summed E-state index contributed by atoms with van der Waals surface area (Å²) in [4.78, 5) is 22.4. The van der Waals surface area contributed by atoms with E-state index in [0.29, 0.717) is 6.54 Å². The summed E-state index contributed by atoms with van der Waals surface area (Å²) in [5, 5.41) is 11.5. The van der Waals surface area contributed by atoms with E-state index in [2.05, 4.69) is 5.32 Å². The molecule has 1 amide bonds. The molecule has 0 aromatic heterocycles. The highest BCUT2D eigenvalue weighted by Crippen LogP contribution is 2.22. The van der Waals surface area contributed by atoms with Gasteiger partial charge in [-0.2, -0.15) is 0 Å². The number of unbranched alkanes of at least 4 members (excludes halogenated alkanes) is 1. The Kier molecular flexibility index (Phi) is 6.35. The van der Waals surface area contributed by atoms with E-state index >= 15 is 0 Å². The van der Waals surface area contributed by atoms with Crippen LogP contribution in [0.2, 0.25) is 0 Å². The molecule has 19 heavy (non-hydrogen) atoms. The molecule has 0 aliphatic heterocycles. The molecule has 0 atom stereocenters. The number of halogens is 1. The van der Waals surface area contributed by atoms with Crippen molar-refractivity contribution < 1.29 is 19.1 Å². The molecule has 0 saturated heterocycles. The van der Waals surface area contributed by atoms with Crippen LogP contribution in [-0.4, -0.2) is 29.3 Å². The van der Waals surface area contributed by atoms with Gasteiger partial charge in [-0.25, -0.2) is 9.18 Å². The van der Waals surface area contributed by atoms with Crippen molar-refractivity contribution in [3.63, 3.8) is 0 Å². The second-order valence-corrected chi connectivity index (χ2v) is 4.96. The molecular weight excluding hydrogens is 269 g/mol. The second-order valence-electron chi connectivity index (χ2n) is 3.94. The molecule has 0 saturated carbocycles. The lowest BCUT2D eigenvalue weighted by atomic mass is 10.2. The summed E-state index contributed by atoms with van der Waals surface area (Å²) < 4.78 is 13.4. The van der Waals surface area contributed by atoms with Gasteiger partial charge in [0.05, 0.1) is 11.3 Å². The van der Waals surface area contributed by atoms with E-state index in [-0.39, 0.29) is 22.1 Å². The Morgan fingerprint density at radius 2 is 2.16 bits per heavy atom. The first-order valence-electron chi connectivity index (χ1n) is 5.97. The standard InChI is InChI=1S/C13H16FNO3S/c1-2-3-6-15-12(16)8-19-11-7-9(13(17)18)4-5-10(11)14/h4-5,7H,2-3,6,8H2,1H3,(H,15,16)(H,17,18). The molecule has 2 N–H and O–H groups in total. The highest BCUT2D eigenvalue weighted by atomic mass is 32.2. The molecule has 1 aromatic rings. The number of carboxylic acid groups (broad SMARTS) is 1. The molecule has 4 nitrogen and oxygen atoms in total. The molecule has 0 heterocycles. The largest absolute Gasteiger partial charge is 0.478 e. The van der Waals surface area contributed by atoms with Gasteiger partial charge in [-0.1, -0.05) is 13.3 Å². The number of carbonyl (C=O) groups excluding carboxylic acids is 1. The van der Waals surface area contributed by atoms with Gasteiger partial charge in [-0.15, -0.1) is 11.8 Å². The summed E-state index contributed by atoms with van der Waals surface area (Å²) >= 11 is 0.994. The molecule has 0 radical (unpaired) electrons. The summed E-state index contributed by atoms with van der Waals surface area (Å²) in [5.74, 6) is -1.74. The third-order valence-corrected chi connectivity index (χ3v) is 3.42. The highest BCUT2D eigenvalue weighted by Gasteiger charge is 2.10. The Labute approximate surface area is 115 Å². The maximum Gasteiger partial charge on any atom is 0.335 e. The van der Waals surface area contributed by atoms with Crippen LogP contribution in [0.15, 0.2) is 23.1 Å². The van der Waals surface area contributed by atoms with Gasteiger partial charge in [0.25, 0.3) is 0 Å². The molecule has 0 fully saturated rings. The molecule has 1 aromatic carbocycles. The fraction of sp³-hybridized carbons (Fsp3) is 0.385. The van der Waals surface area contributed by atoms with Crippen LogP contribution in [0.3, 0.4) is 0 Å². The normalized spacial score (nSPS) is 10.2. The Balaban J connectivity index is 2.54. The van der Waals surface area contributed by atoms with E-state index in [9.17, 15) is 14.0 Å². The number of amides is 1. The lowest BCUT2D eigenvalue weighted by Crippen LogP contribution is -2.26. The van der Waals surface area contributed by atoms with Gasteiger partial charge in [0, 0.05) is 11.4 Å². The van der Waals surface area contributed by atoms with Crippen LogP contribution in [0.1, 0.15) is 30.1 Å². The number of rotatable bonds is 7. The number of hydrogen-bond donors (Lipinski definition) is 2. The van der Waals surface area contributed by atoms with Crippen molar-refractivity contribution in [2.45, 2.75) is 24.7 Å². The first-order valence-corrected chi connectivity index (χ1v) is 6.95. The van der Waals surface area contributed by atoms with Crippen LogP contribution in [0, 0.1) is 5.82 Å². The van der Waals surface area contributed by atoms with Gasteiger partial charge in [0.2, 0.25) is 5.91 Å². The average molecular weight is 285 g/mol. The second kappa shape index (κ2) is 7.78. The number of carbonyl (C=O) groups is 2. The van der Waals surface area contributed by atoms with E-state index in [1.165, 1.54) is 12.1 Å². The minimum absolute atomic E-state index is 0.00953. The maximum absolute atomic E-state index is 13.4. The Morgan fingerprint density at radius 3 is 2.79 bits per heavy atom. The summed E-state index contributed by atoms with van der Waals surface area (Å²) in [6.07, 6.45) is 1.89. The van der Waals surface area contributed by atoms with Crippen molar-refractivity contribution in [2.75, 3.05) is 12.3 Å². The number of benzene rings is 1. The topological polar surface area (TPSA) is 66.4 Å². The summed E-state index contributed by atoms with van der Waals surface area (Å²) in [7, 11) is 0. The maximum atomic E-state index is 13.4.